The average molecular weight is 339 g/mol. The van der Waals surface area contributed by atoms with Crippen LogP contribution in [0, 0.1) is 0 Å². The van der Waals surface area contributed by atoms with E-state index in [1.54, 1.807) is 18.2 Å². The Labute approximate surface area is 81.3 Å². The van der Waals surface area contributed by atoms with Gasteiger partial charge in [-0.2, -0.15) is 0 Å². The molecule has 0 radical (unpaired) electrons. The Morgan fingerprint density at radius 2 is 1.73 bits per heavy atom. The van der Waals surface area contributed by atoms with E-state index < -0.39 is 5.97 Å². The number of hydrogen-bond donors (Lipinski definition) is 1. The molecule has 0 aliphatic carbocycles. The van der Waals surface area contributed by atoms with Crippen LogP contribution in [0.2, 0.25) is 0 Å². The number of carboxylic acids is 1. The van der Waals surface area contributed by atoms with Crippen LogP contribution in [0.5, 0.6) is 0 Å². The zero-order valence-electron chi connectivity index (χ0n) is 5.86. The molecule has 0 aliphatic rings. The average Bonchev–Trinajstić information content (AvgIpc) is 2.10. The third-order valence-corrected chi connectivity index (χ3v) is 1.01. The molecule has 11 heavy (non-hydrogen) atoms. The number of rotatable bonds is 1. The van der Waals surface area contributed by atoms with E-state index in [0.29, 0.717) is 0 Å². The molecule has 3 nitrogen and oxygen atoms in total. The molecule has 0 amide bonds. The standard InChI is InChI=1S/C7H6O2.Hg.H2O/c8-7(9)6-4-2-1-3-5-6;;/h1-5H,(H,8,9);;1H2/q;+2;/p-2. The molecule has 0 spiro atoms. The second-order valence-corrected chi connectivity index (χ2v) is 1.65. The Balaban J connectivity index is 0.000000461. The summed E-state index contributed by atoms with van der Waals surface area (Å²) in [4.78, 5) is 10.1. The molecule has 0 atom stereocenters. The summed E-state index contributed by atoms with van der Waals surface area (Å²) < 4.78 is 7.19. The summed E-state index contributed by atoms with van der Waals surface area (Å²) in [6, 6.07) is 8.06. The van der Waals surface area contributed by atoms with Crippen LogP contribution in [0.15, 0.2) is 30.3 Å². The van der Waals surface area contributed by atoms with E-state index in [-0.39, 0.29) is 32.1 Å². The second kappa shape index (κ2) is 6.31. The van der Waals surface area contributed by atoms with Crippen LogP contribution < -0.4 is 5.11 Å². The molecule has 54 valence electrons. The summed E-state index contributed by atoms with van der Waals surface area (Å²) in [6.45, 7) is 0. The Hall–Kier alpha value is -0.415. The zero-order chi connectivity index (χ0) is 8.69. The molecule has 1 aromatic carbocycles. The number of hydrogen-bond acceptors (Lipinski definition) is 3. The SMILES string of the molecule is O=C([O-])c1ccccc1.[OH][Hg+]. The molecule has 0 fully saturated rings. The first-order valence-electron chi connectivity index (χ1n) is 2.89. The van der Waals surface area contributed by atoms with Gasteiger partial charge in [-0.25, -0.2) is 0 Å². The normalized spacial score (nSPS) is 7.91. The molecule has 1 rings (SSSR count). The van der Waals surface area contributed by atoms with Crippen molar-refractivity contribution in [3.05, 3.63) is 35.9 Å². The molecule has 0 bridgehead atoms. The minimum atomic E-state index is -1.13. The molecule has 0 saturated carbocycles. The molecule has 0 saturated heterocycles. The fraction of sp³-hybridized carbons (Fsp3) is 0. The first-order chi connectivity index (χ1) is 5.30. The van der Waals surface area contributed by atoms with Crippen molar-refractivity contribution in [2.45, 2.75) is 0 Å². The van der Waals surface area contributed by atoms with Crippen molar-refractivity contribution in [2.75, 3.05) is 0 Å². The topological polar surface area (TPSA) is 60.4 Å². The van der Waals surface area contributed by atoms with Gasteiger partial charge in [-0.1, -0.05) is 30.3 Å². The molecule has 0 aliphatic heterocycles. The number of carbonyl (C=O) groups is 1. The first kappa shape index (κ1) is 10.6. The summed E-state index contributed by atoms with van der Waals surface area (Å²) in [6.07, 6.45) is 0. The fourth-order valence-electron chi connectivity index (χ4n) is 0.574. The quantitative estimate of drug-likeness (QED) is 0.702. The maximum absolute atomic E-state index is 10.1. The van der Waals surface area contributed by atoms with E-state index in [4.69, 9.17) is 3.01 Å². The van der Waals surface area contributed by atoms with Crippen LogP contribution in [0.25, 0.3) is 0 Å². The Morgan fingerprint density at radius 1 is 1.27 bits per heavy atom. The number of aromatic carboxylic acids is 1. The van der Waals surface area contributed by atoms with Crippen LogP contribution in [0.1, 0.15) is 10.4 Å². The van der Waals surface area contributed by atoms with E-state index in [1.807, 2.05) is 0 Å². The van der Waals surface area contributed by atoms with E-state index in [9.17, 15) is 9.90 Å². The van der Waals surface area contributed by atoms with Crippen molar-refractivity contribution in [1.82, 2.24) is 0 Å². The van der Waals surface area contributed by atoms with Gasteiger partial charge in [0.05, 0.1) is 5.97 Å². The molecule has 1 aromatic rings. The van der Waals surface area contributed by atoms with Gasteiger partial charge >= 0.3 is 29.6 Å². The van der Waals surface area contributed by atoms with Gasteiger partial charge in [0.1, 0.15) is 0 Å². The van der Waals surface area contributed by atoms with Crippen LogP contribution in [-0.4, -0.2) is 8.98 Å². The third-order valence-electron chi connectivity index (χ3n) is 1.01. The van der Waals surface area contributed by atoms with Crippen molar-refractivity contribution in [3.8, 4) is 0 Å². The molecule has 0 unspecified atom stereocenters. The van der Waals surface area contributed by atoms with Gasteiger partial charge in [0.15, 0.2) is 0 Å². The summed E-state index contributed by atoms with van der Waals surface area (Å²) >= 11 is 0.0278. The van der Waals surface area contributed by atoms with Gasteiger partial charge < -0.3 is 9.90 Å². The summed E-state index contributed by atoms with van der Waals surface area (Å²) in [5, 5.41) is 10.1. The predicted octanol–water partition coefficient (Wildman–Crippen LogP) is -0.509. The van der Waals surface area contributed by atoms with Gasteiger partial charge in [0.2, 0.25) is 0 Å². The molecule has 0 heterocycles. The number of carbonyl (C=O) groups excluding carboxylic acids is 1. The predicted molar refractivity (Wildman–Crippen MR) is 33.0 cm³/mol. The molecule has 0 aromatic heterocycles. The maximum atomic E-state index is 10.1. The van der Waals surface area contributed by atoms with Crippen molar-refractivity contribution < 1.29 is 39.5 Å². The minimum absolute atomic E-state index is 0.0278. The van der Waals surface area contributed by atoms with Crippen LogP contribution >= 0.6 is 0 Å². The number of benzene rings is 1. The summed E-state index contributed by atoms with van der Waals surface area (Å²) in [5.41, 5.74) is 0.220. The molecule has 1 N–H and O–H groups in total. The summed E-state index contributed by atoms with van der Waals surface area (Å²) in [7, 11) is 0. The molecular weight excluding hydrogens is 333 g/mol. The molecular formula is C7H6HgO3. The zero-order valence-corrected chi connectivity index (χ0v) is 11.4. The Morgan fingerprint density at radius 3 is 2.00 bits per heavy atom. The van der Waals surface area contributed by atoms with Crippen molar-refractivity contribution in [2.24, 2.45) is 0 Å². The Bertz CT molecular complexity index is 210. The van der Waals surface area contributed by atoms with Crippen LogP contribution in [0.4, 0.5) is 0 Å². The molecule has 4 heteroatoms. The van der Waals surface area contributed by atoms with Crippen LogP contribution in [0.3, 0.4) is 0 Å². The Kier molecular flexibility index (Phi) is 6.07. The van der Waals surface area contributed by atoms with Gasteiger partial charge in [0.25, 0.3) is 0 Å². The van der Waals surface area contributed by atoms with Crippen molar-refractivity contribution in [1.29, 1.82) is 0 Å². The van der Waals surface area contributed by atoms with Crippen LogP contribution in [-0.2, 0) is 26.6 Å². The number of carboxylic acid groups (broad SMARTS) is 1. The third kappa shape index (κ3) is 4.11. The van der Waals surface area contributed by atoms with Crippen molar-refractivity contribution in [3.63, 3.8) is 0 Å². The van der Waals surface area contributed by atoms with E-state index in [0.717, 1.165) is 0 Å². The van der Waals surface area contributed by atoms with Gasteiger partial charge in [-0.15, -0.1) is 0 Å². The first-order valence-corrected chi connectivity index (χ1v) is 5.34. The van der Waals surface area contributed by atoms with Gasteiger partial charge in [-0.3, -0.25) is 0 Å². The second-order valence-electron chi connectivity index (χ2n) is 1.65. The van der Waals surface area contributed by atoms with Crippen molar-refractivity contribution >= 4 is 5.97 Å². The van der Waals surface area contributed by atoms with Gasteiger partial charge in [-0.05, 0) is 5.56 Å². The van der Waals surface area contributed by atoms with E-state index >= 15 is 0 Å². The monoisotopic (exact) mass is 340 g/mol. The van der Waals surface area contributed by atoms with E-state index in [2.05, 4.69) is 0 Å². The van der Waals surface area contributed by atoms with Gasteiger partial charge in [0, 0.05) is 0 Å². The van der Waals surface area contributed by atoms with E-state index in [1.165, 1.54) is 12.1 Å². The summed E-state index contributed by atoms with van der Waals surface area (Å²) in [5.74, 6) is -1.13. The fourth-order valence-corrected chi connectivity index (χ4v) is 0.574.